The molecule has 0 bridgehead atoms. The zero-order chi connectivity index (χ0) is 20.8. The second-order valence-corrected chi connectivity index (χ2v) is 6.37. The maximum absolute atomic E-state index is 13.9. The van der Waals surface area contributed by atoms with Gasteiger partial charge in [-0.2, -0.15) is 0 Å². The van der Waals surface area contributed by atoms with Gasteiger partial charge in [0.05, 0.1) is 23.0 Å². The lowest BCUT2D eigenvalue weighted by Gasteiger charge is -2.10. The molecule has 0 radical (unpaired) electrons. The highest BCUT2D eigenvalue weighted by Gasteiger charge is 2.16. The Bertz CT molecular complexity index is 1060. The molecule has 8 nitrogen and oxygen atoms in total. The van der Waals surface area contributed by atoms with Gasteiger partial charge in [-0.25, -0.2) is 9.37 Å². The highest BCUT2D eigenvalue weighted by Crippen LogP contribution is 2.19. The number of para-hydroxylation sites is 2. The van der Waals surface area contributed by atoms with Crippen LogP contribution in [0.2, 0.25) is 0 Å². The van der Waals surface area contributed by atoms with E-state index in [1.54, 1.807) is 6.33 Å². The molecule has 0 aliphatic heterocycles. The average molecular weight is 397 g/mol. The molecule has 2 aromatic carbocycles. The molecule has 0 unspecified atom stereocenters. The summed E-state index contributed by atoms with van der Waals surface area (Å²) in [5, 5.41) is 7.19. The van der Waals surface area contributed by atoms with Gasteiger partial charge in [-0.1, -0.05) is 12.1 Å². The number of hydrogen-bond acceptors (Lipinski definition) is 4. The zero-order valence-corrected chi connectivity index (χ0v) is 15.7. The van der Waals surface area contributed by atoms with Crippen molar-refractivity contribution < 1.29 is 18.8 Å². The highest BCUT2D eigenvalue weighted by atomic mass is 19.1. The second kappa shape index (κ2) is 8.96. The third-order valence-electron chi connectivity index (χ3n) is 4.13. The van der Waals surface area contributed by atoms with Gasteiger partial charge in [-0.15, -0.1) is 0 Å². The molecule has 3 rings (SSSR count). The van der Waals surface area contributed by atoms with Gasteiger partial charge in [-0.3, -0.25) is 14.4 Å². The van der Waals surface area contributed by atoms with Crippen LogP contribution in [-0.4, -0.2) is 33.8 Å². The van der Waals surface area contributed by atoms with E-state index < -0.39 is 17.6 Å². The summed E-state index contributed by atoms with van der Waals surface area (Å²) in [7, 11) is 0. The summed E-state index contributed by atoms with van der Waals surface area (Å²) >= 11 is 0. The molecule has 0 saturated heterocycles. The van der Waals surface area contributed by atoms with Crippen molar-refractivity contribution in [3.63, 3.8) is 0 Å². The molecule has 3 aromatic rings. The summed E-state index contributed by atoms with van der Waals surface area (Å²) in [5.74, 6) is -2.91. The first-order valence-electron chi connectivity index (χ1n) is 9.00. The van der Waals surface area contributed by atoms with Crippen LogP contribution in [0.5, 0.6) is 0 Å². The summed E-state index contributed by atoms with van der Waals surface area (Å²) < 4.78 is 15.8. The van der Waals surface area contributed by atoms with Gasteiger partial charge in [0.15, 0.2) is 0 Å². The number of imidazole rings is 1. The van der Waals surface area contributed by atoms with Crippen molar-refractivity contribution in [2.45, 2.75) is 19.9 Å². The molecule has 29 heavy (non-hydrogen) atoms. The van der Waals surface area contributed by atoms with E-state index >= 15 is 0 Å². The number of hydrogen-bond donors (Lipinski definition) is 3. The first-order chi connectivity index (χ1) is 13.9. The third kappa shape index (κ3) is 5.16. The van der Waals surface area contributed by atoms with Crippen molar-refractivity contribution in [1.82, 2.24) is 14.9 Å². The van der Waals surface area contributed by atoms with Crippen LogP contribution >= 0.6 is 0 Å². The minimum absolute atomic E-state index is 0.193. The minimum Gasteiger partial charge on any atom is -0.348 e. The molecule has 3 N–H and O–H groups in total. The first kappa shape index (κ1) is 20.0. The number of halogens is 1. The fourth-order valence-electron chi connectivity index (χ4n) is 2.80. The van der Waals surface area contributed by atoms with Crippen molar-refractivity contribution in [2.24, 2.45) is 0 Å². The first-order valence-corrected chi connectivity index (χ1v) is 9.00. The van der Waals surface area contributed by atoms with Crippen LogP contribution in [0.25, 0.3) is 11.0 Å². The van der Waals surface area contributed by atoms with Crippen molar-refractivity contribution in [2.75, 3.05) is 17.2 Å². The Balaban J connectivity index is 1.49. The Hall–Kier alpha value is -3.75. The van der Waals surface area contributed by atoms with Gasteiger partial charge < -0.3 is 20.5 Å². The van der Waals surface area contributed by atoms with Gasteiger partial charge in [0.25, 0.3) is 0 Å². The van der Waals surface area contributed by atoms with Gasteiger partial charge in [0.2, 0.25) is 5.91 Å². The Labute approximate surface area is 166 Å². The van der Waals surface area contributed by atoms with Crippen LogP contribution in [0, 0.1) is 5.82 Å². The molecule has 0 aliphatic carbocycles. The molecular formula is C20H20FN5O3. The van der Waals surface area contributed by atoms with Crippen LogP contribution in [0.15, 0.2) is 48.8 Å². The number of amides is 3. The fraction of sp³-hybridized carbons (Fsp3) is 0.200. The van der Waals surface area contributed by atoms with E-state index in [0.29, 0.717) is 18.7 Å². The molecule has 0 saturated carbocycles. The summed E-state index contributed by atoms with van der Waals surface area (Å²) in [6.45, 7) is 2.20. The molecule has 9 heteroatoms. The lowest BCUT2D eigenvalue weighted by molar-refractivity contribution is -0.136. The summed E-state index contributed by atoms with van der Waals surface area (Å²) in [5.41, 5.74) is 1.99. The minimum atomic E-state index is -0.989. The number of carbonyl (C=O) groups is 3. The van der Waals surface area contributed by atoms with E-state index in [-0.39, 0.29) is 18.1 Å². The van der Waals surface area contributed by atoms with Crippen LogP contribution in [0.3, 0.4) is 0 Å². The number of rotatable bonds is 6. The standard InChI is InChI=1S/C20H20FN5O3/c1-13(27)24-14-7-8-15(21)17(11-14)25-20(29)19(28)22-9-4-10-26-12-23-16-5-2-3-6-18(16)26/h2-3,5-8,11-12H,4,9-10H2,1H3,(H,22,28)(H,24,27)(H,25,29). The number of carbonyl (C=O) groups excluding carboxylic acids is 3. The van der Waals surface area contributed by atoms with Gasteiger partial charge in [0, 0.05) is 25.7 Å². The van der Waals surface area contributed by atoms with Gasteiger partial charge in [-0.05, 0) is 36.8 Å². The molecule has 0 aliphatic rings. The van der Waals surface area contributed by atoms with E-state index in [2.05, 4.69) is 20.9 Å². The van der Waals surface area contributed by atoms with E-state index in [4.69, 9.17) is 0 Å². The molecule has 150 valence electrons. The lowest BCUT2D eigenvalue weighted by Crippen LogP contribution is -2.36. The van der Waals surface area contributed by atoms with Crippen molar-refractivity contribution in [1.29, 1.82) is 0 Å². The molecule has 0 atom stereocenters. The average Bonchev–Trinajstić information content (AvgIpc) is 3.10. The number of aryl methyl sites for hydroxylation is 1. The van der Waals surface area contributed by atoms with E-state index in [1.165, 1.54) is 19.1 Å². The Morgan fingerprint density at radius 3 is 2.66 bits per heavy atom. The highest BCUT2D eigenvalue weighted by molar-refractivity contribution is 6.39. The van der Waals surface area contributed by atoms with E-state index in [0.717, 1.165) is 17.1 Å². The Morgan fingerprint density at radius 1 is 1.07 bits per heavy atom. The number of fused-ring (bicyclic) bond motifs is 1. The predicted molar refractivity (Wildman–Crippen MR) is 107 cm³/mol. The van der Waals surface area contributed by atoms with Crippen molar-refractivity contribution >= 4 is 40.1 Å². The molecular weight excluding hydrogens is 377 g/mol. The maximum Gasteiger partial charge on any atom is 0.313 e. The summed E-state index contributed by atoms with van der Waals surface area (Å²) in [6.07, 6.45) is 2.32. The monoisotopic (exact) mass is 397 g/mol. The van der Waals surface area contributed by atoms with Crippen LogP contribution in [-0.2, 0) is 20.9 Å². The number of benzene rings is 2. The van der Waals surface area contributed by atoms with Gasteiger partial charge in [0.1, 0.15) is 5.82 Å². The topological polar surface area (TPSA) is 105 Å². The fourth-order valence-corrected chi connectivity index (χ4v) is 2.80. The largest absolute Gasteiger partial charge is 0.348 e. The Morgan fingerprint density at radius 2 is 1.86 bits per heavy atom. The zero-order valence-electron chi connectivity index (χ0n) is 15.7. The molecule has 3 amide bonds. The quantitative estimate of drug-likeness (QED) is 0.438. The maximum atomic E-state index is 13.9. The van der Waals surface area contributed by atoms with Crippen molar-refractivity contribution in [3.8, 4) is 0 Å². The molecule has 0 fully saturated rings. The third-order valence-corrected chi connectivity index (χ3v) is 4.13. The number of nitrogens with zero attached hydrogens (tertiary/aromatic N) is 2. The normalized spacial score (nSPS) is 10.6. The smallest absolute Gasteiger partial charge is 0.313 e. The predicted octanol–water partition coefficient (Wildman–Crippen LogP) is 2.28. The van der Waals surface area contributed by atoms with Crippen LogP contribution in [0.4, 0.5) is 15.8 Å². The van der Waals surface area contributed by atoms with E-state index in [9.17, 15) is 18.8 Å². The van der Waals surface area contributed by atoms with E-state index in [1.807, 2.05) is 28.8 Å². The number of anilines is 2. The van der Waals surface area contributed by atoms with Crippen LogP contribution in [0.1, 0.15) is 13.3 Å². The summed E-state index contributed by atoms with van der Waals surface area (Å²) in [6, 6.07) is 11.4. The second-order valence-electron chi connectivity index (χ2n) is 6.37. The Kier molecular flexibility index (Phi) is 6.18. The lowest BCUT2D eigenvalue weighted by atomic mass is 10.2. The summed E-state index contributed by atoms with van der Waals surface area (Å²) in [4.78, 5) is 39.3. The van der Waals surface area contributed by atoms with Crippen LogP contribution < -0.4 is 16.0 Å². The van der Waals surface area contributed by atoms with Crippen molar-refractivity contribution in [3.05, 3.63) is 54.6 Å². The van der Waals surface area contributed by atoms with Gasteiger partial charge >= 0.3 is 11.8 Å². The SMILES string of the molecule is CC(=O)Nc1ccc(F)c(NC(=O)C(=O)NCCCn2cnc3ccccc32)c1. The molecule has 1 aromatic heterocycles. The number of aromatic nitrogens is 2. The number of nitrogens with one attached hydrogen (secondary N) is 3. The molecule has 1 heterocycles. The molecule has 0 spiro atoms.